The van der Waals surface area contributed by atoms with E-state index in [2.05, 4.69) is 16.2 Å². The van der Waals surface area contributed by atoms with Crippen LogP contribution in [0.1, 0.15) is 5.56 Å². The lowest BCUT2D eigenvalue weighted by molar-refractivity contribution is 1.07. The number of hydrogen-bond acceptors (Lipinski definition) is 3. The fourth-order valence-corrected chi connectivity index (χ4v) is 1.23. The van der Waals surface area contributed by atoms with Crippen LogP contribution >= 0.6 is 0 Å². The molecular weight excluding hydrogens is 174 g/mol. The summed E-state index contributed by atoms with van der Waals surface area (Å²) in [5.74, 6) is 0. The van der Waals surface area contributed by atoms with Crippen LogP contribution in [0.25, 0.3) is 11.1 Å². The predicted octanol–water partition coefficient (Wildman–Crippen LogP) is 1.40. The minimum Gasteiger partial charge on any atom is -0.326 e. The van der Waals surface area contributed by atoms with Gasteiger partial charge in [0.2, 0.25) is 0 Å². The van der Waals surface area contributed by atoms with Gasteiger partial charge in [-0.15, -0.1) is 0 Å². The fraction of sp³-hybridized carbons (Fsp3) is 0.0909. The van der Waals surface area contributed by atoms with Crippen molar-refractivity contribution in [2.24, 2.45) is 5.73 Å². The average Bonchev–Trinajstić information content (AvgIpc) is 2.30. The Kier molecular flexibility index (Phi) is 2.51. The summed E-state index contributed by atoms with van der Waals surface area (Å²) in [6.07, 6.45) is 6.09. The molecule has 0 bridgehead atoms. The summed E-state index contributed by atoms with van der Waals surface area (Å²) in [5, 5.41) is 0. The van der Waals surface area contributed by atoms with Crippen LogP contribution in [-0.4, -0.2) is 9.97 Å². The summed E-state index contributed by atoms with van der Waals surface area (Å²) in [4.78, 5) is 7.78. The molecule has 0 saturated heterocycles. The van der Waals surface area contributed by atoms with E-state index in [4.69, 9.17) is 5.73 Å². The van der Waals surface area contributed by atoms with Gasteiger partial charge in [-0.3, -0.25) is 0 Å². The zero-order valence-corrected chi connectivity index (χ0v) is 7.64. The standard InChI is InChI=1S/C11H10N3/c12-5-9-1-3-10(4-2-9)11-6-13-8-14-7-11/h1-4,6,8H,5,12H2. The van der Waals surface area contributed by atoms with Gasteiger partial charge in [-0.1, -0.05) is 24.3 Å². The molecule has 1 heterocycles. The number of nitrogens with zero attached hydrogens (tertiary/aromatic N) is 2. The minimum atomic E-state index is 0.565. The van der Waals surface area contributed by atoms with E-state index in [1.807, 2.05) is 24.3 Å². The third-order valence-electron chi connectivity index (χ3n) is 2.01. The molecule has 69 valence electrons. The molecule has 3 heteroatoms. The van der Waals surface area contributed by atoms with Crippen molar-refractivity contribution < 1.29 is 0 Å². The van der Waals surface area contributed by atoms with Crippen LogP contribution in [0.5, 0.6) is 0 Å². The number of hydrogen-bond donors (Lipinski definition) is 1. The van der Waals surface area contributed by atoms with Gasteiger partial charge in [0.1, 0.15) is 12.5 Å². The van der Waals surface area contributed by atoms with Crippen LogP contribution in [0.3, 0.4) is 0 Å². The van der Waals surface area contributed by atoms with Gasteiger partial charge in [-0.25, -0.2) is 9.97 Å². The average molecular weight is 184 g/mol. The molecule has 0 saturated carbocycles. The number of aromatic nitrogens is 2. The molecule has 0 atom stereocenters. The largest absolute Gasteiger partial charge is 0.326 e. The van der Waals surface area contributed by atoms with E-state index in [0.717, 1.165) is 16.7 Å². The molecule has 2 rings (SSSR count). The summed E-state index contributed by atoms with van der Waals surface area (Å²) in [6, 6.07) is 7.99. The monoisotopic (exact) mass is 184 g/mol. The normalized spacial score (nSPS) is 10.1. The van der Waals surface area contributed by atoms with Crippen molar-refractivity contribution in [3.8, 4) is 11.1 Å². The van der Waals surface area contributed by atoms with Crippen molar-refractivity contribution in [1.82, 2.24) is 9.97 Å². The summed E-state index contributed by atoms with van der Waals surface area (Å²) in [7, 11) is 0. The SMILES string of the molecule is NCc1ccc(-c2[c]ncnc2)cc1. The second kappa shape index (κ2) is 3.98. The first-order valence-corrected chi connectivity index (χ1v) is 4.37. The molecule has 0 aliphatic heterocycles. The van der Waals surface area contributed by atoms with Crippen molar-refractivity contribution in [2.75, 3.05) is 0 Å². The lowest BCUT2D eigenvalue weighted by Crippen LogP contribution is -1.95. The maximum absolute atomic E-state index is 5.51. The minimum absolute atomic E-state index is 0.565. The molecule has 2 N–H and O–H groups in total. The predicted molar refractivity (Wildman–Crippen MR) is 54.2 cm³/mol. The van der Waals surface area contributed by atoms with E-state index in [9.17, 15) is 0 Å². The van der Waals surface area contributed by atoms with E-state index in [0.29, 0.717) is 6.54 Å². The summed E-state index contributed by atoms with van der Waals surface area (Å²) in [5.41, 5.74) is 8.58. The molecule has 0 aliphatic rings. The molecule has 3 nitrogen and oxygen atoms in total. The second-order valence-electron chi connectivity index (χ2n) is 2.95. The van der Waals surface area contributed by atoms with Crippen LogP contribution < -0.4 is 5.73 Å². The number of benzene rings is 1. The lowest BCUT2D eigenvalue weighted by atomic mass is 10.1. The molecule has 1 radical (unpaired) electrons. The van der Waals surface area contributed by atoms with Crippen LogP contribution in [-0.2, 0) is 6.54 Å². The maximum atomic E-state index is 5.51. The van der Waals surface area contributed by atoms with Gasteiger partial charge in [-0.2, -0.15) is 0 Å². The Morgan fingerprint density at radius 3 is 2.57 bits per heavy atom. The molecule has 2 aromatic rings. The number of nitrogens with two attached hydrogens (primary N) is 1. The molecule has 0 amide bonds. The number of rotatable bonds is 2. The highest BCUT2D eigenvalue weighted by molar-refractivity contribution is 5.60. The molecule has 0 fully saturated rings. The van der Waals surface area contributed by atoms with Crippen molar-refractivity contribution >= 4 is 0 Å². The molecule has 0 unspecified atom stereocenters. The lowest BCUT2D eigenvalue weighted by Gasteiger charge is -2.00. The van der Waals surface area contributed by atoms with E-state index in [1.165, 1.54) is 6.33 Å². The Bertz CT molecular complexity index is 395. The van der Waals surface area contributed by atoms with Crippen LogP contribution in [0, 0.1) is 6.20 Å². The fourth-order valence-electron chi connectivity index (χ4n) is 1.23. The molecule has 0 spiro atoms. The Morgan fingerprint density at radius 2 is 2.00 bits per heavy atom. The Morgan fingerprint density at radius 1 is 1.21 bits per heavy atom. The third-order valence-corrected chi connectivity index (χ3v) is 2.01. The van der Waals surface area contributed by atoms with Gasteiger partial charge in [-0.05, 0) is 11.1 Å². The van der Waals surface area contributed by atoms with E-state index in [1.54, 1.807) is 6.20 Å². The van der Waals surface area contributed by atoms with Crippen LogP contribution in [0.4, 0.5) is 0 Å². The van der Waals surface area contributed by atoms with Crippen LogP contribution in [0.2, 0.25) is 0 Å². The topological polar surface area (TPSA) is 51.8 Å². The first-order chi connectivity index (χ1) is 6.90. The molecule has 0 aliphatic carbocycles. The van der Waals surface area contributed by atoms with Crippen molar-refractivity contribution in [3.05, 3.63) is 48.5 Å². The smallest absolute Gasteiger partial charge is 0.116 e. The summed E-state index contributed by atoms with van der Waals surface area (Å²) < 4.78 is 0. The molecule has 1 aromatic carbocycles. The third kappa shape index (κ3) is 1.78. The van der Waals surface area contributed by atoms with Gasteiger partial charge >= 0.3 is 0 Å². The van der Waals surface area contributed by atoms with Crippen LogP contribution in [0.15, 0.2) is 36.8 Å². The Balaban J connectivity index is 2.34. The van der Waals surface area contributed by atoms with Crippen molar-refractivity contribution in [2.45, 2.75) is 6.54 Å². The van der Waals surface area contributed by atoms with Crippen molar-refractivity contribution in [3.63, 3.8) is 0 Å². The highest BCUT2D eigenvalue weighted by atomic mass is 14.8. The van der Waals surface area contributed by atoms with Gasteiger partial charge in [0.15, 0.2) is 0 Å². The summed E-state index contributed by atoms with van der Waals surface area (Å²) in [6.45, 7) is 0.565. The first-order valence-electron chi connectivity index (χ1n) is 4.37. The second-order valence-corrected chi connectivity index (χ2v) is 2.95. The first kappa shape index (κ1) is 8.84. The Labute approximate surface area is 82.6 Å². The van der Waals surface area contributed by atoms with Crippen molar-refractivity contribution in [1.29, 1.82) is 0 Å². The highest BCUT2D eigenvalue weighted by Crippen LogP contribution is 2.16. The van der Waals surface area contributed by atoms with E-state index < -0.39 is 0 Å². The molecule has 14 heavy (non-hydrogen) atoms. The highest BCUT2D eigenvalue weighted by Gasteiger charge is 1.97. The Hall–Kier alpha value is -1.74. The van der Waals surface area contributed by atoms with Gasteiger partial charge in [0.05, 0.1) is 0 Å². The quantitative estimate of drug-likeness (QED) is 0.767. The van der Waals surface area contributed by atoms with E-state index in [-0.39, 0.29) is 0 Å². The van der Waals surface area contributed by atoms with Gasteiger partial charge in [0, 0.05) is 18.3 Å². The zero-order chi connectivity index (χ0) is 9.80. The maximum Gasteiger partial charge on any atom is 0.116 e. The molecule has 1 aromatic heterocycles. The summed E-state index contributed by atoms with van der Waals surface area (Å²) >= 11 is 0. The molecular formula is C11H10N3. The van der Waals surface area contributed by atoms with Gasteiger partial charge in [0.25, 0.3) is 0 Å². The van der Waals surface area contributed by atoms with Gasteiger partial charge < -0.3 is 5.73 Å². The zero-order valence-electron chi connectivity index (χ0n) is 7.64. The van der Waals surface area contributed by atoms with E-state index >= 15 is 0 Å².